The molecule has 2 spiro atoms. The summed E-state index contributed by atoms with van der Waals surface area (Å²) in [5.74, 6) is -0.330. The lowest BCUT2D eigenvalue weighted by Gasteiger charge is -2.68. The molecule has 3 fully saturated rings. The van der Waals surface area contributed by atoms with Gasteiger partial charge in [-0.3, -0.25) is 9.59 Å². The molecule has 22 heavy (non-hydrogen) atoms. The van der Waals surface area contributed by atoms with Crippen LogP contribution in [-0.2, 0) is 9.59 Å². The van der Waals surface area contributed by atoms with E-state index >= 15 is 0 Å². The van der Waals surface area contributed by atoms with Crippen LogP contribution in [-0.4, -0.2) is 55.4 Å². The summed E-state index contributed by atoms with van der Waals surface area (Å²) in [5, 5.41) is 21.9. The van der Waals surface area contributed by atoms with Crippen LogP contribution in [0.3, 0.4) is 0 Å². The zero-order valence-corrected chi connectivity index (χ0v) is 13.4. The summed E-state index contributed by atoms with van der Waals surface area (Å²) in [4.78, 5) is 27.8. The van der Waals surface area contributed by atoms with Crippen molar-refractivity contribution in [1.29, 1.82) is 0 Å². The van der Waals surface area contributed by atoms with Crippen LogP contribution in [0.15, 0.2) is 0 Å². The largest absolute Gasteiger partial charge is 0.371 e. The molecule has 0 aromatic heterocycles. The summed E-state index contributed by atoms with van der Waals surface area (Å²) in [6.07, 6.45) is 3.40. The molecule has 2 aliphatic carbocycles. The van der Waals surface area contributed by atoms with Gasteiger partial charge in [0, 0.05) is 13.3 Å². The number of hydrogen-bond acceptors (Lipinski definition) is 4. The Labute approximate surface area is 131 Å². The molecule has 2 unspecified atom stereocenters. The van der Waals surface area contributed by atoms with Crippen molar-refractivity contribution in [3.05, 3.63) is 0 Å². The average Bonchev–Trinajstić information content (AvgIpc) is 2.35. The fourth-order valence-electron chi connectivity index (χ4n) is 4.50. The molecule has 2 N–H and O–H groups in total. The van der Waals surface area contributed by atoms with Crippen LogP contribution >= 0.6 is 0 Å². The molecular weight excluding hydrogens is 284 g/mol. The van der Waals surface area contributed by atoms with Crippen molar-refractivity contribution in [1.82, 2.24) is 9.80 Å². The van der Waals surface area contributed by atoms with Crippen molar-refractivity contribution in [2.75, 3.05) is 0 Å². The van der Waals surface area contributed by atoms with Crippen molar-refractivity contribution in [3.63, 3.8) is 0 Å². The summed E-state index contributed by atoms with van der Waals surface area (Å²) in [5.41, 5.74) is -1.59. The van der Waals surface area contributed by atoms with Gasteiger partial charge in [0.05, 0.1) is 11.1 Å². The van der Waals surface area contributed by atoms with Crippen LogP contribution in [0.4, 0.5) is 0 Å². The van der Waals surface area contributed by atoms with Gasteiger partial charge < -0.3 is 20.0 Å². The lowest BCUT2D eigenvalue weighted by Crippen LogP contribution is -2.84. The van der Waals surface area contributed by atoms with E-state index in [1.807, 2.05) is 6.92 Å². The number of carbonyl (C=O) groups is 2. The molecular formula is C16H26N2O4. The van der Waals surface area contributed by atoms with Gasteiger partial charge >= 0.3 is 0 Å². The third kappa shape index (κ3) is 1.80. The van der Waals surface area contributed by atoms with Gasteiger partial charge in [-0.15, -0.1) is 0 Å². The smallest absolute Gasteiger partial charge is 0.225 e. The Balaban J connectivity index is 2.03. The molecule has 6 nitrogen and oxygen atoms in total. The molecule has 2 amide bonds. The highest BCUT2D eigenvalue weighted by Gasteiger charge is 2.67. The molecule has 2 saturated carbocycles. The number of rotatable bonds is 2. The molecule has 0 aromatic carbocycles. The number of nitrogens with zero attached hydrogens (tertiary/aromatic N) is 2. The lowest BCUT2D eigenvalue weighted by molar-refractivity contribution is -0.293. The van der Waals surface area contributed by atoms with E-state index in [1.165, 1.54) is 16.7 Å². The summed E-state index contributed by atoms with van der Waals surface area (Å²) >= 11 is 0. The fourth-order valence-corrected chi connectivity index (χ4v) is 4.50. The first-order valence-electron chi connectivity index (χ1n) is 8.39. The maximum atomic E-state index is 12.6. The Hall–Kier alpha value is -1.14. The first-order chi connectivity index (χ1) is 10.4. The zero-order valence-electron chi connectivity index (χ0n) is 13.4. The second-order valence-electron chi connectivity index (χ2n) is 7.06. The van der Waals surface area contributed by atoms with Crippen molar-refractivity contribution in [2.45, 2.75) is 88.7 Å². The quantitative estimate of drug-likeness (QED) is 0.796. The minimum atomic E-state index is -1.01. The van der Waals surface area contributed by atoms with Gasteiger partial charge in [-0.05, 0) is 44.9 Å². The normalized spacial score (nSPS) is 31.8. The van der Waals surface area contributed by atoms with E-state index in [2.05, 4.69) is 0 Å². The molecule has 0 bridgehead atoms. The van der Waals surface area contributed by atoms with Gasteiger partial charge in [-0.2, -0.15) is 0 Å². The topological polar surface area (TPSA) is 81.1 Å². The van der Waals surface area contributed by atoms with Gasteiger partial charge in [0.1, 0.15) is 0 Å². The molecule has 124 valence electrons. The summed E-state index contributed by atoms with van der Waals surface area (Å²) in [7, 11) is 0. The molecule has 1 heterocycles. The molecule has 3 rings (SSSR count). The van der Waals surface area contributed by atoms with Crippen LogP contribution in [0.5, 0.6) is 0 Å². The van der Waals surface area contributed by atoms with Crippen molar-refractivity contribution < 1.29 is 19.8 Å². The van der Waals surface area contributed by atoms with Crippen molar-refractivity contribution in [3.8, 4) is 0 Å². The highest BCUT2D eigenvalue weighted by molar-refractivity contribution is 5.80. The van der Waals surface area contributed by atoms with E-state index in [9.17, 15) is 19.8 Å². The van der Waals surface area contributed by atoms with Gasteiger partial charge in [0.2, 0.25) is 11.8 Å². The minimum absolute atomic E-state index is 0.108. The molecule has 0 aromatic rings. The monoisotopic (exact) mass is 310 g/mol. The van der Waals surface area contributed by atoms with Crippen LogP contribution in [0.1, 0.15) is 65.2 Å². The van der Waals surface area contributed by atoms with E-state index in [0.717, 1.165) is 12.8 Å². The second kappa shape index (κ2) is 5.20. The number of aliphatic hydroxyl groups excluding tert-OH is 2. The molecule has 6 heteroatoms. The van der Waals surface area contributed by atoms with E-state index in [-0.39, 0.29) is 11.8 Å². The first-order valence-corrected chi connectivity index (χ1v) is 8.39. The number of aliphatic hydroxyl groups is 2. The van der Waals surface area contributed by atoms with Crippen LogP contribution in [0, 0.1) is 0 Å². The van der Waals surface area contributed by atoms with E-state index in [0.29, 0.717) is 38.5 Å². The number of piperazine rings is 1. The predicted octanol–water partition coefficient (Wildman–Crippen LogP) is 0.959. The average molecular weight is 310 g/mol. The zero-order chi connectivity index (χ0) is 16.1. The molecule has 1 aliphatic heterocycles. The highest BCUT2D eigenvalue weighted by Crippen LogP contribution is 2.54. The third-order valence-corrected chi connectivity index (χ3v) is 5.92. The van der Waals surface area contributed by atoms with Crippen molar-refractivity contribution in [2.24, 2.45) is 0 Å². The number of hydrogen-bond donors (Lipinski definition) is 2. The van der Waals surface area contributed by atoms with Gasteiger partial charge in [-0.25, -0.2) is 0 Å². The Morgan fingerprint density at radius 1 is 1.00 bits per heavy atom. The highest BCUT2D eigenvalue weighted by atomic mass is 16.3. The Bertz CT molecular complexity index is 485. The Morgan fingerprint density at radius 2 is 1.45 bits per heavy atom. The predicted molar refractivity (Wildman–Crippen MR) is 79.5 cm³/mol. The first kappa shape index (κ1) is 15.7. The van der Waals surface area contributed by atoms with E-state index in [1.54, 1.807) is 0 Å². The molecule has 2 atom stereocenters. The van der Waals surface area contributed by atoms with Gasteiger partial charge in [0.15, 0.2) is 12.5 Å². The maximum absolute atomic E-state index is 12.6. The van der Waals surface area contributed by atoms with E-state index < -0.39 is 23.5 Å². The SMILES string of the molecule is CCCC(=O)N1C(O)C2(CCC2)N(C(C)=O)C(O)C12CCC2. The number of amides is 2. The Morgan fingerprint density at radius 3 is 1.82 bits per heavy atom. The molecule has 0 radical (unpaired) electrons. The summed E-state index contributed by atoms with van der Waals surface area (Å²) in [6, 6.07) is 0. The standard InChI is InChI=1S/C16H26N2O4/c1-3-6-12(20)18-14(22)15(7-4-8-15)17(11(2)19)13(21)16(18)9-5-10-16/h13-14,21-22H,3-10H2,1-2H3. The third-order valence-electron chi connectivity index (χ3n) is 5.92. The Kier molecular flexibility index (Phi) is 3.72. The minimum Gasteiger partial charge on any atom is -0.371 e. The maximum Gasteiger partial charge on any atom is 0.225 e. The van der Waals surface area contributed by atoms with Crippen molar-refractivity contribution >= 4 is 11.8 Å². The van der Waals surface area contributed by atoms with Gasteiger partial charge in [-0.1, -0.05) is 6.92 Å². The fraction of sp³-hybridized carbons (Fsp3) is 0.875. The lowest BCUT2D eigenvalue weighted by atomic mass is 9.64. The van der Waals surface area contributed by atoms with E-state index in [4.69, 9.17) is 0 Å². The molecule has 3 aliphatic rings. The van der Waals surface area contributed by atoms with Crippen LogP contribution in [0.2, 0.25) is 0 Å². The van der Waals surface area contributed by atoms with Crippen LogP contribution < -0.4 is 0 Å². The molecule has 1 saturated heterocycles. The van der Waals surface area contributed by atoms with Crippen LogP contribution in [0.25, 0.3) is 0 Å². The summed E-state index contributed by atoms with van der Waals surface area (Å²) < 4.78 is 0. The summed E-state index contributed by atoms with van der Waals surface area (Å²) in [6.45, 7) is 3.37. The number of carbonyl (C=O) groups excluding carboxylic acids is 2. The second-order valence-corrected chi connectivity index (χ2v) is 7.06. The van der Waals surface area contributed by atoms with Gasteiger partial charge in [0.25, 0.3) is 0 Å².